The summed E-state index contributed by atoms with van der Waals surface area (Å²) >= 11 is 0. The molecule has 0 aliphatic carbocycles. The Morgan fingerprint density at radius 1 is 1.38 bits per heavy atom. The van der Waals surface area contributed by atoms with Gasteiger partial charge in [-0.15, -0.1) is 0 Å². The largest absolute Gasteiger partial charge is 0.478 e. The van der Waals surface area contributed by atoms with Gasteiger partial charge in [0.05, 0.1) is 11.1 Å². The highest BCUT2D eigenvalue weighted by atomic mass is 16.4. The van der Waals surface area contributed by atoms with E-state index in [1.165, 1.54) is 11.3 Å². The van der Waals surface area contributed by atoms with Crippen LogP contribution in [0.4, 0.5) is 0 Å². The van der Waals surface area contributed by atoms with Crippen LogP contribution in [0.3, 0.4) is 0 Å². The molecular weight excluding hydrogens is 264 g/mol. The van der Waals surface area contributed by atoms with Crippen LogP contribution < -0.4 is 0 Å². The van der Waals surface area contributed by atoms with Crippen molar-refractivity contribution in [2.45, 2.75) is 39.8 Å². The lowest BCUT2D eigenvalue weighted by molar-refractivity contribution is 0.0698. The molecule has 0 saturated heterocycles. The third-order valence-corrected chi connectivity index (χ3v) is 4.36. The number of aryl methyl sites for hydroxylation is 2. The monoisotopic (exact) mass is 286 g/mol. The number of aromatic carboxylic acids is 1. The highest BCUT2D eigenvalue weighted by Gasteiger charge is 2.25. The lowest BCUT2D eigenvalue weighted by Gasteiger charge is -2.24. The van der Waals surface area contributed by atoms with Crippen molar-refractivity contribution >= 4 is 16.9 Å². The molecule has 0 bridgehead atoms. The normalized spacial score (nSPS) is 15.4. The Hall–Kier alpha value is -1.81. The summed E-state index contributed by atoms with van der Waals surface area (Å²) < 4.78 is 2.25. The van der Waals surface area contributed by atoms with Gasteiger partial charge in [0.15, 0.2) is 0 Å². The molecule has 0 fully saturated rings. The summed E-state index contributed by atoms with van der Waals surface area (Å²) in [4.78, 5) is 14.0. The van der Waals surface area contributed by atoms with Crippen LogP contribution in [0.1, 0.15) is 40.5 Å². The molecule has 0 amide bonds. The number of hydrogen-bond acceptors (Lipinski definition) is 2. The predicted molar refractivity (Wildman–Crippen MR) is 84.0 cm³/mol. The number of carboxylic acid groups (broad SMARTS) is 1. The van der Waals surface area contributed by atoms with Crippen molar-refractivity contribution in [1.82, 2.24) is 9.47 Å². The SMILES string of the molecule is CCCn1c2c(c3cc(C)cc(C(=O)O)c31)CN(C)CC2. The van der Waals surface area contributed by atoms with Crippen LogP contribution in [0.25, 0.3) is 10.9 Å². The van der Waals surface area contributed by atoms with E-state index in [4.69, 9.17) is 0 Å². The molecule has 0 saturated carbocycles. The van der Waals surface area contributed by atoms with Crippen molar-refractivity contribution in [1.29, 1.82) is 0 Å². The zero-order valence-corrected chi connectivity index (χ0v) is 12.9. The van der Waals surface area contributed by atoms with Crippen LogP contribution in [0.15, 0.2) is 12.1 Å². The van der Waals surface area contributed by atoms with Crippen LogP contribution in [-0.4, -0.2) is 34.1 Å². The molecule has 21 heavy (non-hydrogen) atoms. The lowest BCUT2D eigenvalue weighted by Crippen LogP contribution is -2.27. The topological polar surface area (TPSA) is 45.5 Å². The first kappa shape index (κ1) is 14.1. The summed E-state index contributed by atoms with van der Waals surface area (Å²) in [5, 5.41) is 10.7. The molecule has 1 aromatic heterocycles. The zero-order valence-electron chi connectivity index (χ0n) is 12.9. The number of nitrogens with zero attached hydrogens (tertiary/aromatic N) is 2. The second-order valence-corrected chi connectivity index (χ2v) is 6.08. The number of likely N-dealkylation sites (N-methyl/N-ethyl adjacent to an activating group) is 1. The molecule has 0 radical (unpaired) electrons. The molecule has 0 unspecified atom stereocenters. The van der Waals surface area contributed by atoms with Gasteiger partial charge >= 0.3 is 5.97 Å². The van der Waals surface area contributed by atoms with E-state index >= 15 is 0 Å². The van der Waals surface area contributed by atoms with E-state index in [-0.39, 0.29) is 0 Å². The molecule has 2 aromatic rings. The number of carboxylic acids is 1. The van der Waals surface area contributed by atoms with Crippen molar-refractivity contribution in [3.63, 3.8) is 0 Å². The van der Waals surface area contributed by atoms with Gasteiger partial charge < -0.3 is 14.6 Å². The van der Waals surface area contributed by atoms with Gasteiger partial charge in [0.2, 0.25) is 0 Å². The number of rotatable bonds is 3. The summed E-state index contributed by atoms with van der Waals surface area (Å²) in [5.74, 6) is -0.829. The zero-order chi connectivity index (χ0) is 15.1. The maximum atomic E-state index is 11.7. The maximum Gasteiger partial charge on any atom is 0.337 e. The fourth-order valence-electron chi connectivity index (χ4n) is 3.49. The minimum Gasteiger partial charge on any atom is -0.478 e. The van der Waals surface area contributed by atoms with E-state index < -0.39 is 5.97 Å². The molecule has 0 spiro atoms. The molecular formula is C17H22N2O2. The molecule has 112 valence electrons. The average Bonchev–Trinajstić information content (AvgIpc) is 2.72. The van der Waals surface area contributed by atoms with Gasteiger partial charge in [-0.2, -0.15) is 0 Å². The molecule has 4 nitrogen and oxygen atoms in total. The number of fused-ring (bicyclic) bond motifs is 3. The van der Waals surface area contributed by atoms with E-state index in [0.29, 0.717) is 5.56 Å². The van der Waals surface area contributed by atoms with Crippen molar-refractivity contribution in [3.05, 3.63) is 34.5 Å². The van der Waals surface area contributed by atoms with E-state index in [2.05, 4.69) is 29.5 Å². The van der Waals surface area contributed by atoms with Gasteiger partial charge in [0, 0.05) is 37.1 Å². The van der Waals surface area contributed by atoms with E-state index in [9.17, 15) is 9.90 Å². The Balaban J connectivity index is 2.38. The number of aromatic nitrogens is 1. The number of hydrogen-bond donors (Lipinski definition) is 1. The molecule has 3 rings (SSSR count). The minimum absolute atomic E-state index is 0.440. The second kappa shape index (κ2) is 5.19. The van der Waals surface area contributed by atoms with Crippen LogP contribution >= 0.6 is 0 Å². The van der Waals surface area contributed by atoms with Gasteiger partial charge in [0.1, 0.15) is 0 Å². The van der Waals surface area contributed by atoms with Crippen molar-refractivity contribution in [3.8, 4) is 0 Å². The smallest absolute Gasteiger partial charge is 0.337 e. The highest BCUT2D eigenvalue weighted by molar-refractivity contribution is 6.04. The summed E-state index contributed by atoms with van der Waals surface area (Å²) in [7, 11) is 2.12. The second-order valence-electron chi connectivity index (χ2n) is 6.08. The molecule has 4 heteroatoms. The van der Waals surface area contributed by atoms with Gasteiger partial charge in [-0.25, -0.2) is 4.79 Å². The fraction of sp³-hybridized carbons (Fsp3) is 0.471. The third kappa shape index (κ3) is 2.23. The van der Waals surface area contributed by atoms with Gasteiger partial charge in [0.25, 0.3) is 0 Å². The summed E-state index contributed by atoms with van der Waals surface area (Å²) in [6.07, 6.45) is 2.01. The molecule has 1 N–H and O–H groups in total. The van der Waals surface area contributed by atoms with Crippen molar-refractivity contribution in [2.75, 3.05) is 13.6 Å². The summed E-state index contributed by atoms with van der Waals surface area (Å²) in [6, 6.07) is 3.94. The molecule has 1 aliphatic rings. The molecule has 2 heterocycles. The van der Waals surface area contributed by atoms with Crippen LogP contribution in [0.5, 0.6) is 0 Å². The summed E-state index contributed by atoms with van der Waals surface area (Å²) in [6.45, 7) is 6.95. The van der Waals surface area contributed by atoms with Crippen molar-refractivity contribution in [2.24, 2.45) is 0 Å². The fourth-order valence-corrected chi connectivity index (χ4v) is 3.49. The highest BCUT2D eigenvalue weighted by Crippen LogP contribution is 2.33. The predicted octanol–water partition coefficient (Wildman–Crippen LogP) is 3.05. The third-order valence-electron chi connectivity index (χ3n) is 4.36. The van der Waals surface area contributed by atoms with Gasteiger partial charge in [-0.1, -0.05) is 6.92 Å². The molecule has 1 aromatic carbocycles. The number of carbonyl (C=O) groups is 1. The number of benzene rings is 1. The maximum absolute atomic E-state index is 11.7. The van der Waals surface area contributed by atoms with Gasteiger partial charge in [-0.3, -0.25) is 0 Å². The Morgan fingerprint density at radius 2 is 2.14 bits per heavy atom. The standard InChI is InChI=1S/C17H22N2O2/c1-4-6-19-15-5-7-18(3)10-14(15)12-8-11(2)9-13(16(12)19)17(20)21/h8-9H,4-7,10H2,1-3H3,(H,20,21). The van der Waals surface area contributed by atoms with E-state index in [1.54, 1.807) is 6.07 Å². The van der Waals surface area contributed by atoms with Crippen LogP contribution in [-0.2, 0) is 19.5 Å². The Morgan fingerprint density at radius 3 is 2.81 bits per heavy atom. The van der Waals surface area contributed by atoms with Crippen LogP contribution in [0.2, 0.25) is 0 Å². The molecule has 1 aliphatic heterocycles. The lowest BCUT2D eigenvalue weighted by atomic mass is 10.0. The molecule has 0 atom stereocenters. The van der Waals surface area contributed by atoms with E-state index in [0.717, 1.165) is 48.9 Å². The quantitative estimate of drug-likeness (QED) is 0.943. The first-order valence-corrected chi connectivity index (χ1v) is 7.59. The van der Waals surface area contributed by atoms with Gasteiger partial charge in [-0.05, 0) is 43.7 Å². The Kier molecular flexibility index (Phi) is 3.49. The van der Waals surface area contributed by atoms with E-state index in [1.807, 2.05) is 6.92 Å². The first-order valence-electron chi connectivity index (χ1n) is 7.59. The Bertz CT molecular complexity index is 715. The van der Waals surface area contributed by atoms with Crippen molar-refractivity contribution < 1.29 is 9.90 Å². The minimum atomic E-state index is -0.829. The first-order chi connectivity index (χ1) is 10.0. The Labute approximate surface area is 125 Å². The average molecular weight is 286 g/mol. The summed E-state index contributed by atoms with van der Waals surface area (Å²) in [5.41, 5.74) is 5.02. The van der Waals surface area contributed by atoms with Crippen LogP contribution in [0, 0.1) is 6.92 Å².